The van der Waals surface area contributed by atoms with Crippen molar-refractivity contribution in [2.24, 2.45) is 0 Å². The summed E-state index contributed by atoms with van der Waals surface area (Å²) in [7, 11) is 0. The molecule has 0 aliphatic heterocycles. The topological polar surface area (TPSA) is 52.6 Å². The Kier molecular flexibility index (Phi) is 8.09. The van der Waals surface area contributed by atoms with Gasteiger partial charge in [0, 0.05) is 17.9 Å². The summed E-state index contributed by atoms with van der Waals surface area (Å²) >= 11 is 5.80. The maximum Gasteiger partial charge on any atom is 0.311 e. The number of hydrogen-bond donors (Lipinski definition) is 0. The molecule has 0 N–H and O–H groups in total. The summed E-state index contributed by atoms with van der Waals surface area (Å²) in [4.78, 5) is 23.3. The van der Waals surface area contributed by atoms with Crippen molar-refractivity contribution in [1.82, 2.24) is 0 Å². The number of carbonyl (C=O) groups is 2. The van der Waals surface area contributed by atoms with Gasteiger partial charge in [0.25, 0.3) is 0 Å². The van der Waals surface area contributed by atoms with E-state index >= 15 is 0 Å². The minimum Gasteiger partial charge on any atom is -0.449 e. The van der Waals surface area contributed by atoms with Gasteiger partial charge in [0.05, 0.1) is 0 Å². The summed E-state index contributed by atoms with van der Waals surface area (Å²) in [5.41, 5.74) is 0. The highest BCUT2D eigenvalue weighted by atomic mass is 35.5. The van der Waals surface area contributed by atoms with Crippen LogP contribution in [0.3, 0.4) is 0 Å². The molecule has 1 rings (SSSR count). The molecule has 0 saturated heterocycles. The van der Waals surface area contributed by atoms with Gasteiger partial charge in [-0.05, 0) is 38.0 Å². The lowest BCUT2D eigenvalue weighted by Crippen LogP contribution is -2.16. The van der Waals surface area contributed by atoms with Crippen molar-refractivity contribution in [3.63, 3.8) is 0 Å². The van der Waals surface area contributed by atoms with Gasteiger partial charge in [0.1, 0.15) is 5.75 Å². The van der Waals surface area contributed by atoms with Gasteiger partial charge in [-0.15, -0.1) is 5.92 Å². The standard InChI is InChI=1S/C17H19ClO4/c1-3-7-14(4-2)21-16(19)10-6-11-17(20)22-15-9-5-8-13(18)12-15/h5,8-9,12,14H,4,6,10-11H2,1-2H3. The third-order valence-corrected chi connectivity index (χ3v) is 2.97. The summed E-state index contributed by atoms with van der Waals surface area (Å²) in [5, 5.41) is 0.497. The van der Waals surface area contributed by atoms with Gasteiger partial charge in [0.2, 0.25) is 0 Å². The van der Waals surface area contributed by atoms with E-state index < -0.39 is 5.97 Å². The average molecular weight is 323 g/mol. The van der Waals surface area contributed by atoms with Crippen LogP contribution in [0.2, 0.25) is 5.02 Å². The molecule has 0 aromatic heterocycles. The molecule has 0 bridgehead atoms. The number of esters is 2. The molecule has 1 aromatic rings. The fraction of sp³-hybridized carbons (Fsp3) is 0.412. The summed E-state index contributed by atoms with van der Waals surface area (Å²) in [6.07, 6.45) is 0.929. The van der Waals surface area contributed by atoms with Crippen LogP contribution in [0.5, 0.6) is 5.75 Å². The van der Waals surface area contributed by atoms with E-state index in [-0.39, 0.29) is 24.9 Å². The van der Waals surface area contributed by atoms with Crippen molar-refractivity contribution < 1.29 is 19.1 Å². The SMILES string of the molecule is CC#CC(CC)OC(=O)CCCC(=O)Oc1cccc(Cl)c1. The molecule has 0 radical (unpaired) electrons. The second-order valence-corrected chi connectivity index (χ2v) is 5.00. The lowest BCUT2D eigenvalue weighted by molar-refractivity contribution is -0.146. The lowest BCUT2D eigenvalue weighted by atomic mass is 10.2. The van der Waals surface area contributed by atoms with Crippen LogP contribution in [-0.4, -0.2) is 18.0 Å². The quantitative estimate of drug-likeness (QED) is 0.436. The van der Waals surface area contributed by atoms with Crippen molar-refractivity contribution in [3.05, 3.63) is 29.3 Å². The number of rotatable bonds is 7. The molecular weight excluding hydrogens is 304 g/mol. The Morgan fingerprint density at radius 1 is 1.27 bits per heavy atom. The summed E-state index contributed by atoms with van der Waals surface area (Å²) < 4.78 is 10.3. The van der Waals surface area contributed by atoms with Gasteiger partial charge in [-0.2, -0.15) is 0 Å². The lowest BCUT2D eigenvalue weighted by Gasteiger charge is -2.10. The van der Waals surface area contributed by atoms with E-state index in [0.717, 1.165) is 0 Å². The number of carbonyl (C=O) groups excluding carboxylic acids is 2. The van der Waals surface area contributed by atoms with E-state index in [2.05, 4.69) is 11.8 Å². The molecule has 0 spiro atoms. The minimum atomic E-state index is -0.407. The third kappa shape index (κ3) is 7.14. The van der Waals surface area contributed by atoms with Crippen LogP contribution >= 0.6 is 11.6 Å². The highest BCUT2D eigenvalue weighted by Gasteiger charge is 2.11. The number of ether oxygens (including phenoxy) is 2. The molecule has 1 unspecified atom stereocenters. The Balaban J connectivity index is 2.29. The van der Waals surface area contributed by atoms with E-state index in [0.29, 0.717) is 23.6 Å². The molecule has 5 heteroatoms. The Morgan fingerprint density at radius 2 is 2.00 bits per heavy atom. The monoisotopic (exact) mass is 322 g/mol. The van der Waals surface area contributed by atoms with E-state index in [1.807, 2.05) is 6.92 Å². The predicted octanol–water partition coefficient (Wildman–Crippen LogP) is 3.76. The molecular formula is C17H19ClO4. The van der Waals surface area contributed by atoms with Crippen molar-refractivity contribution in [3.8, 4) is 17.6 Å². The smallest absolute Gasteiger partial charge is 0.311 e. The van der Waals surface area contributed by atoms with Gasteiger partial charge in [-0.25, -0.2) is 0 Å². The highest BCUT2D eigenvalue weighted by Crippen LogP contribution is 2.17. The van der Waals surface area contributed by atoms with E-state index in [4.69, 9.17) is 21.1 Å². The van der Waals surface area contributed by atoms with Gasteiger partial charge in [-0.1, -0.05) is 30.5 Å². The molecule has 1 atom stereocenters. The van der Waals surface area contributed by atoms with Gasteiger partial charge in [-0.3, -0.25) is 9.59 Å². The zero-order valence-electron chi connectivity index (χ0n) is 12.7. The number of hydrogen-bond acceptors (Lipinski definition) is 4. The maximum atomic E-state index is 11.6. The molecule has 22 heavy (non-hydrogen) atoms. The number of benzene rings is 1. The summed E-state index contributed by atoms with van der Waals surface area (Å²) in [6.45, 7) is 3.59. The molecule has 0 aliphatic carbocycles. The first kappa shape index (κ1) is 18.1. The highest BCUT2D eigenvalue weighted by molar-refractivity contribution is 6.30. The first-order valence-corrected chi connectivity index (χ1v) is 7.51. The van der Waals surface area contributed by atoms with Crippen LogP contribution < -0.4 is 4.74 Å². The van der Waals surface area contributed by atoms with Gasteiger partial charge < -0.3 is 9.47 Å². The van der Waals surface area contributed by atoms with E-state index in [9.17, 15) is 9.59 Å². The van der Waals surface area contributed by atoms with Crippen molar-refractivity contribution in [1.29, 1.82) is 0 Å². The molecule has 0 saturated carbocycles. The molecule has 0 aliphatic rings. The van der Waals surface area contributed by atoms with Gasteiger partial charge in [0.15, 0.2) is 6.10 Å². The fourth-order valence-corrected chi connectivity index (χ4v) is 1.86. The van der Waals surface area contributed by atoms with Gasteiger partial charge >= 0.3 is 11.9 Å². The molecule has 0 heterocycles. The molecule has 118 valence electrons. The Morgan fingerprint density at radius 3 is 2.64 bits per heavy atom. The Bertz CT molecular complexity index is 572. The first-order chi connectivity index (χ1) is 10.5. The van der Waals surface area contributed by atoms with Crippen LogP contribution in [0.15, 0.2) is 24.3 Å². The summed E-state index contributed by atoms with van der Waals surface area (Å²) in [6, 6.07) is 6.59. The van der Waals surface area contributed by atoms with Crippen LogP contribution in [0.4, 0.5) is 0 Å². The van der Waals surface area contributed by atoms with Crippen LogP contribution in [0.25, 0.3) is 0 Å². The fourth-order valence-electron chi connectivity index (χ4n) is 1.68. The van der Waals surface area contributed by atoms with Crippen LogP contribution in [0.1, 0.15) is 39.5 Å². The normalized spacial score (nSPS) is 11.0. The first-order valence-electron chi connectivity index (χ1n) is 7.13. The zero-order valence-corrected chi connectivity index (χ0v) is 13.5. The van der Waals surface area contributed by atoms with Crippen molar-refractivity contribution in [2.75, 3.05) is 0 Å². The largest absolute Gasteiger partial charge is 0.449 e. The predicted molar refractivity (Wildman–Crippen MR) is 84.6 cm³/mol. The Hall–Kier alpha value is -1.99. The maximum absolute atomic E-state index is 11.6. The van der Waals surface area contributed by atoms with E-state index in [1.165, 1.54) is 0 Å². The second kappa shape index (κ2) is 9.86. The zero-order chi connectivity index (χ0) is 16.4. The second-order valence-electron chi connectivity index (χ2n) is 4.57. The number of halogens is 1. The van der Waals surface area contributed by atoms with Crippen LogP contribution in [0, 0.1) is 11.8 Å². The van der Waals surface area contributed by atoms with Crippen molar-refractivity contribution >= 4 is 23.5 Å². The minimum absolute atomic E-state index is 0.137. The van der Waals surface area contributed by atoms with Crippen LogP contribution in [-0.2, 0) is 14.3 Å². The third-order valence-electron chi connectivity index (χ3n) is 2.74. The Labute approximate surface area is 135 Å². The average Bonchev–Trinajstić information content (AvgIpc) is 2.46. The summed E-state index contributed by atoms with van der Waals surface area (Å²) in [5.74, 6) is 5.15. The van der Waals surface area contributed by atoms with E-state index in [1.54, 1.807) is 31.2 Å². The molecule has 1 aromatic carbocycles. The molecule has 4 nitrogen and oxygen atoms in total. The molecule has 0 fully saturated rings. The molecule has 0 amide bonds. The van der Waals surface area contributed by atoms with Crippen molar-refractivity contribution in [2.45, 2.75) is 45.6 Å².